The molecule has 5 rings (SSSR count). The lowest BCUT2D eigenvalue weighted by Gasteiger charge is -2.25. The Morgan fingerprint density at radius 1 is 0.786 bits per heavy atom. The average Bonchev–Trinajstić information content (AvgIpc) is 2.99. The Morgan fingerprint density at radius 2 is 1.43 bits per heavy atom. The highest BCUT2D eigenvalue weighted by Crippen LogP contribution is 2.32. The number of ketones is 2. The number of carboxylic acid groups (broad SMARTS) is 1. The van der Waals surface area contributed by atoms with Crippen molar-refractivity contribution in [3.63, 3.8) is 0 Å². The molecule has 4 aromatic rings. The molecule has 1 unspecified atom stereocenters. The fourth-order valence-corrected chi connectivity index (χ4v) is 4.99. The number of anilines is 2. The molecule has 1 aliphatic carbocycles. The molecule has 214 valence electrons. The molecule has 0 saturated heterocycles. The van der Waals surface area contributed by atoms with Gasteiger partial charge < -0.3 is 20.5 Å². The van der Waals surface area contributed by atoms with E-state index >= 15 is 0 Å². The first-order valence-electron chi connectivity index (χ1n) is 14.3. The van der Waals surface area contributed by atoms with Crippen molar-refractivity contribution in [2.75, 3.05) is 23.8 Å². The molecule has 0 aliphatic heterocycles. The van der Waals surface area contributed by atoms with Crippen LogP contribution in [-0.4, -0.2) is 41.8 Å². The zero-order chi connectivity index (χ0) is 29.3. The summed E-state index contributed by atoms with van der Waals surface area (Å²) in [7, 11) is 0. The first kappa shape index (κ1) is 28.6. The lowest BCUT2D eigenvalue weighted by atomic mass is 9.79. The number of benzene rings is 4. The van der Waals surface area contributed by atoms with Crippen molar-refractivity contribution in [1.82, 2.24) is 0 Å². The predicted molar refractivity (Wildman–Crippen MR) is 164 cm³/mol. The van der Waals surface area contributed by atoms with Crippen molar-refractivity contribution < 1.29 is 24.2 Å². The second-order valence-electron chi connectivity index (χ2n) is 10.4. The van der Waals surface area contributed by atoms with E-state index in [-0.39, 0.29) is 23.9 Å². The highest BCUT2D eigenvalue weighted by Gasteiger charge is 2.27. The molecule has 0 bridgehead atoms. The molecule has 1 atom stereocenters. The summed E-state index contributed by atoms with van der Waals surface area (Å²) >= 11 is 0. The first-order valence-corrected chi connectivity index (χ1v) is 14.3. The number of Topliss-reactive ketones (excluding diaryl/α,β-unsaturated/α-hetero) is 1. The molecule has 0 spiro atoms. The van der Waals surface area contributed by atoms with Gasteiger partial charge in [-0.1, -0.05) is 73.2 Å². The Morgan fingerprint density at radius 3 is 2.10 bits per heavy atom. The molecule has 42 heavy (non-hydrogen) atoms. The van der Waals surface area contributed by atoms with Crippen molar-refractivity contribution in [1.29, 1.82) is 0 Å². The number of ether oxygens (including phenoxy) is 1. The number of hydrogen-bond acceptors (Lipinski definition) is 6. The quantitative estimate of drug-likeness (QED) is 0.119. The summed E-state index contributed by atoms with van der Waals surface area (Å²) in [6.07, 6.45) is 3.28. The molecule has 0 heterocycles. The highest BCUT2D eigenvalue weighted by molar-refractivity contribution is 6.12. The Labute approximate surface area is 245 Å². The Balaban J connectivity index is 1.16. The van der Waals surface area contributed by atoms with Crippen LogP contribution < -0.4 is 15.4 Å². The van der Waals surface area contributed by atoms with E-state index in [4.69, 9.17) is 4.74 Å². The van der Waals surface area contributed by atoms with Crippen LogP contribution in [0.15, 0.2) is 103 Å². The molecular weight excluding hydrogens is 528 g/mol. The maximum absolute atomic E-state index is 13.1. The SMILES string of the molecule is O=C(c1ccccc1)c1ccccc1NC(Cc1ccc(OCCNc2ccccc2C(=O)C2CCC2)cc1)C(=O)O. The van der Waals surface area contributed by atoms with E-state index in [0.29, 0.717) is 35.7 Å². The lowest BCUT2D eigenvalue weighted by Crippen LogP contribution is -2.32. The fourth-order valence-electron chi connectivity index (χ4n) is 4.99. The molecule has 0 radical (unpaired) electrons. The monoisotopic (exact) mass is 562 g/mol. The van der Waals surface area contributed by atoms with E-state index in [1.807, 2.05) is 54.6 Å². The zero-order valence-corrected chi connectivity index (χ0v) is 23.3. The lowest BCUT2D eigenvalue weighted by molar-refractivity contribution is -0.137. The summed E-state index contributed by atoms with van der Waals surface area (Å²) in [5.74, 6) is -0.170. The zero-order valence-electron chi connectivity index (χ0n) is 23.3. The van der Waals surface area contributed by atoms with E-state index < -0.39 is 12.0 Å². The van der Waals surface area contributed by atoms with Crippen molar-refractivity contribution in [2.24, 2.45) is 5.92 Å². The van der Waals surface area contributed by atoms with Gasteiger partial charge in [-0.15, -0.1) is 0 Å². The third kappa shape index (κ3) is 7.04. The van der Waals surface area contributed by atoms with Gasteiger partial charge in [-0.2, -0.15) is 0 Å². The number of rotatable bonds is 14. The largest absolute Gasteiger partial charge is 0.492 e. The van der Waals surface area contributed by atoms with Gasteiger partial charge in [0.05, 0.1) is 0 Å². The van der Waals surface area contributed by atoms with Gasteiger partial charge in [0.1, 0.15) is 18.4 Å². The van der Waals surface area contributed by atoms with Crippen molar-refractivity contribution in [3.8, 4) is 5.75 Å². The van der Waals surface area contributed by atoms with Gasteiger partial charge in [-0.3, -0.25) is 9.59 Å². The summed E-state index contributed by atoms with van der Waals surface area (Å²) < 4.78 is 5.88. The number of carbonyl (C=O) groups excluding carboxylic acids is 2. The minimum Gasteiger partial charge on any atom is -0.492 e. The van der Waals surface area contributed by atoms with Crippen molar-refractivity contribution >= 4 is 28.9 Å². The maximum Gasteiger partial charge on any atom is 0.326 e. The second-order valence-corrected chi connectivity index (χ2v) is 10.4. The first-order chi connectivity index (χ1) is 20.5. The number of nitrogens with one attached hydrogen (secondary N) is 2. The van der Waals surface area contributed by atoms with Crippen LogP contribution in [-0.2, 0) is 11.2 Å². The summed E-state index contributed by atoms with van der Waals surface area (Å²) in [6, 6.07) is 29.8. The molecule has 7 heteroatoms. The van der Waals surface area contributed by atoms with Crippen molar-refractivity contribution in [2.45, 2.75) is 31.7 Å². The molecular formula is C35H34N2O5. The predicted octanol–water partition coefficient (Wildman–Crippen LogP) is 6.50. The van der Waals surface area contributed by atoms with Crippen LogP contribution in [0.1, 0.15) is 51.1 Å². The molecule has 4 aromatic carbocycles. The van der Waals surface area contributed by atoms with E-state index in [2.05, 4.69) is 10.6 Å². The van der Waals surface area contributed by atoms with Crippen LogP contribution in [0.5, 0.6) is 5.75 Å². The van der Waals surface area contributed by atoms with Crippen LogP contribution in [0.3, 0.4) is 0 Å². The van der Waals surface area contributed by atoms with E-state index in [1.54, 1.807) is 48.5 Å². The van der Waals surface area contributed by atoms with Gasteiger partial charge >= 0.3 is 5.97 Å². The van der Waals surface area contributed by atoms with Crippen LogP contribution in [0.25, 0.3) is 0 Å². The van der Waals surface area contributed by atoms with Gasteiger partial charge in [0.15, 0.2) is 11.6 Å². The van der Waals surface area contributed by atoms with Gasteiger partial charge in [-0.05, 0) is 54.8 Å². The summed E-state index contributed by atoms with van der Waals surface area (Å²) in [5, 5.41) is 16.3. The minimum atomic E-state index is -1.01. The minimum absolute atomic E-state index is 0.144. The Bertz CT molecular complexity index is 1530. The Kier molecular flexibility index (Phi) is 9.29. The second kappa shape index (κ2) is 13.6. The molecule has 1 saturated carbocycles. The standard InChI is InChI=1S/C35H34N2O5/c38-33(26-11-8-12-26)28-13-4-6-15-30(28)36-21-22-42-27-19-17-24(18-20-27)23-32(35(40)41)37-31-16-7-5-14-29(31)34(39)25-9-2-1-3-10-25/h1-7,9-10,13-20,26,32,36-37H,8,11-12,21-23H2,(H,40,41). The van der Waals surface area contributed by atoms with Crippen LogP contribution in [0, 0.1) is 5.92 Å². The molecule has 1 aliphatic rings. The third-order valence-electron chi connectivity index (χ3n) is 7.55. The number of carboxylic acids is 1. The average molecular weight is 563 g/mol. The van der Waals surface area contributed by atoms with Crippen molar-refractivity contribution in [3.05, 3.63) is 125 Å². The highest BCUT2D eigenvalue weighted by atomic mass is 16.5. The summed E-state index contributed by atoms with van der Waals surface area (Å²) in [6.45, 7) is 0.930. The van der Waals surface area contributed by atoms with Crippen LogP contribution >= 0.6 is 0 Å². The molecule has 1 fully saturated rings. The number of aliphatic carboxylic acids is 1. The van der Waals surface area contributed by atoms with E-state index in [1.165, 1.54) is 0 Å². The number of carbonyl (C=O) groups is 3. The van der Waals surface area contributed by atoms with Crippen LogP contribution in [0.4, 0.5) is 11.4 Å². The summed E-state index contributed by atoms with van der Waals surface area (Å²) in [4.78, 5) is 37.9. The van der Waals surface area contributed by atoms with Gasteiger partial charge in [0, 0.05) is 46.9 Å². The maximum atomic E-state index is 13.1. The molecule has 7 nitrogen and oxygen atoms in total. The fraction of sp³-hybridized carbons (Fsp3) is 0.229. The number of hydrogen-bond donors (Lipinski definition) is 3. The van der Waals surface area contributed by atoms with E-state index in [0.717, 1.165) is 36.1 Å². The van der Waals surface area contributed by atoms with Crippen LogP contribution in [0.2, 0.25) is 0 Å². The van der Waals surface area contributed by atoms with Gasteiger partial charge in [0.25, 0.3) is 0 Å². The van der Waals surface area contributed by atoms with Gasteiger partial charge in [0.2, 0.25) is 0 Å². The molecule has 3 N–H and O–H groups in total. The Hall–Kier alpha value is -4.91. The smallest absolute Gasteiger partial charge is 0.326 e. The third-order valence-corrected chi connectivity index (χ3v) is 7.55. The van der Waals surface area contributed by atoms with E-state index in [9.17, 15) is 19.5 Å². The van der Waals surface area contributed by atoms with Gasteiger partial charge in [-0.25, -0.2) is 4.79 Å². The molecule has 0 aromatic heterocycles. The normalized spacial score (nSPS) is 13.4. The topological polar surface area (TPSA) is 105 Å². The number of para-hydroxylation sites is 2. The summed E-state index contributed by atoms with van der Waals surface area (Å²) in [5.41, 5.74) is 3.81. The molecule has 0 amide bonds.